The van der Waals surface area contributed by atoms with Crippen LogP contribution in [0.2, 0.25) is 0 Å². The van der Waals surface area contributed by atoms with Crippen molar-refractivity contribution < 1.29 is 13.9 Å². The molecule has 0 aromatic heterocycles. The summed E-state index contributed by atoms with van der Waals surface area (Å²) in [6.45, 7) is 0.950. The Bertz CT molecular complexity index is 163. The van der Waals surface area contributed by atoms with E-state index < -0.39 is 16.9 Å². The van der Waals surface area contributed by atoms with Gasteiger partial charge in [0.05, 0.1) is 5.60 Å². The van der Waals surface area contributed by atoms with Gasteiger partial charge in [0, 0.05) is 5.41 Å². The van der Waals surface area contributed by atoms with E-state index in [2.05, 4.69) is 0 Å². The summed E-state index contributed by atoms with van der Waals surface area (Å²) in [5.41, 5.74) is -1.51. The second-order valence-electron chi connectivity index (χ2n) is 3.92. The fourth-order valence-electron chi connectivity index (χ4n) is 2.20. The smallest absolute Gasteiger partial charge is 0.251 e. The van der Waals surface area contributed by atoms with Crippen LogP contribution in [0.15, 0.2) is 0 Å². The van der Waals surface area contributed by atoms with E-state index in [0.29, 0.717) is 19.3 Å². The van der Waals surface area contributed by atoms with Crippen molar-refractivity contribution in [2.75, 3.05) is 0 Å². The zero-order valence-corrected chi connectivity index (χ0v) is 5.82. The Hall–Kier alpha value is -0.180. The molecule has 2 bridgehead atoms. The highest BCUT2D eigenvalue weighted by molar-refractivity contribution is 5.22. The molecule has 0 radical (unpaired) electrons. The predicted molar refractivity (Wildman–Crippen MR) is 31.9 cm³/mol. The van der Waals surface area contributed by atoms with Crippen molar-refractivity contribution in [3.8, 4) is 0 Å². The van der Waals surface area contributed by atoms with E-state index >= 15 is 0 Å². The molecule has 58 valence electrons. The lowest BCUT2D eigenvalue weighted by molar-refractivity contribution is -0.337. The van der Waals surface area contributed by atoms with Gasteiger partial charge in [0.15, 0.2) is 0 Å². The Morgan fingerprint density at radius 2 is 1.70 bits per heavy atom. The number of hydrogen-bond acceptors (Lipinski definition) is 1. The first kappa shape index (κ1) is 6.53. The molecule has 3 heteroatoms. The van der Waals surface area contributed by atoms with Crippen LogP contribution in [-0.2, 0) is 0 Å². The lowest BCUT2D eigenvalue weighted by atomic mass is 9.39. The first-order valence-corrected chi connectivity index (χ1v) is 3.47. The van der Waals surface area contributed by atoms with Gasteiger partial charge in [-0.15, -0.1) is 0 Å². The number of alkyl halides is 2. The van der Waals surface area contributed by atoms with Crippen molar-refractivity contribution >= 4 is 0 Å². The van der Waals surface area contributed by atoms with Crippen LogP contribution in [-0.4, -0.2) is 16.6 Å². The molecule has 0 atom stereocenters. The third-order valence-corrected chi connectivity index (χ3v) is 2.93. The molecular weight excluding hydrogens is 138 g/mol. The number of rotatable bonds is 1. The molecule has 3 saturated carbocycles. The minimum atomic E-state index is -2.59. The van der Waals surface area contributed by atoms with Crippen molar-refractivity contribution in [2.24, 2.45) is 5.41 Å². The van der Waals surface area contributed by atoms with Crippen LogP contribution in [0.3, 0.4) is 0 Å². The summed E-state index contributed by atoms with van der Waals surface area (Å²) < 4.78 is 25.3. The summed E-state index contributed by atoms with van der Waals surface area (Å²) >= 11 is 0. The maximum atomic E-state index is 12.6. The maximum Gasteiger partial charge on any atom is 0.251 e. The molecule has 0 unspecified atom stereocenters. The van der Waals surface area contributed by atoms with Crippen LogP contribution in [0.25, 0.3) is 0 Å². The lowest BCUT2D eigenvalue weighted by Gasteiger charge is -2.69. The van der Waals surface area contributed by atoms with Gasteiger partial charge in [0.2, 0.25) is 0 Å². The lowest BCUT2D eigenvalue weighted by Crippen LogP contribution is -2.72. The summed E-state index contributed by atoms with van der Waals surface area (Å²) in [6, 6.07) is 0. The van der Waals surface area contributed by atoms with Gasteiger partial charge < -0.3 is 5.11 Å². The van der Waals surface area contributed by atoms with Gasteiger partial charge in [-0.25, -0.2) is 8.78 Å². The summed E-state index contributed by atoms with van der Waals surface area (Å²) in [5, 5.41) is 9.17. The molecule has 0 spiro atoms. The zero-order chi connectivity index (χ0) is 7.62. The van der Waals surface area contributed by atoms with Crippen LogP contribution >= 0.6 is 0 Å². The van der Waals surface area contributed by atoms with Crippen LogP contribution in [0, 0.1) is 5.41 Å². The monoisotopic (exact) mass is 148 g/mol. The molecule has 0 aromatic rings. The Labute approximate surface area is 58.0 Å². The molecule has 0 saturated heterocycles. The number of halogens is 2. The van der Waals surface area contributed by atoms with Crippen molar-refractivity contribution in [2.45, 2.75) is 37.7 Å². The van der Waals surface area contributed by atoms with E-state index in [9.17, 15) is 13.9 Å². The highest BCUT2D eigenvalue weighted by Gasteiger charge is 2.75. The molecule has 3 aliphatic rings. The summed E-state index contributed by atoms with van der Waals surface area (Å²) in [6.07, 6.45) is 0.927. The van der Waals surface area contributed by atoms with Crippen LogP contribution in [0.1, 0.15) is 26.2 Å². The Morgan fingerprint density at radius 1 is 1.30 bits per heavy atom. The highest BCUT2D eigenvalue weighted by Crippen LogP contribution is 2.72. The van der Waals surface area contributed by atoms with E-state index in [0.717, 1.165) is 6.92 Å². The molecular formula is C7H10F2O. The normalized spacial score (nSPS) is 51.6. The van der Waals surface area contributed by atoms with Gasteiger partial charge in [-0.05, 0) is 26.2 Å². The maximum absolute atomic E-state index is 12.6. The van der Waals surface area contributed by atoms with E-state index in [1.165, 1.54) is 0 Å². The molecule has 0 heterocycles. The van der Waals surface area contributed by atoms with Crippen molar-refractivity contribution in [3.05, 3.63) is 0 Å². The van der Waals surface area contributed by atoms with Crippen molar-refractivity contribution in [1.29, 1.82) is 0 Å². The van der Waals surface area contributed by atoms with E-state index in [-0.39, 0.29) is 0 Å². The predicted octanol–water partition coefficient (Wildman–Crippen LogP) is 1.56. The number of hydrogen-bond donors (Lipinski definition) is 1. The molecule has 10 heavy (non-hydrogen) atoms. The number of aliphatic hydroxyl groups is 1. The molecule has 3 fully saturated rings. The Balaban J connectivity index is 2.11. The van der Waals surface area contributed by atoms with E-state index in [1.807, 2.05) is 0 Å². The van der Waals surface area contributed by atoms with Gasteiger partial charge in [-0.3, -0.25) is 0 Å². The first-order valence-electron chi connectivity index (χ1n) is 3.47. The van der Waals surface area contributed by atoms with Gasteiger partial charge in [0.25, 0.3) is 5.92 Å². The second kappa shape index (κ2) is 1.24. The van der Waals surface area contributed by atoms with Gasteiger partial charge in [-0.2, -0.15) is 0 Å². The summed E-state index contributed by atoms with van der Waals surface area (Å²) in [4.78, 5) is 0. The standard InChI is InChI=1S/C7H10F2O/c1-5(8,9)6-2-7(10,3-6)4-6/h10H,2-4H2,1H3. The van der Waals surface area contributed by atoms with Crippen molar-refractivity contribution in [3.63, 3.8) is 0 Å². The quantitative estimate of drug-likeness (QED) is 0.598. The first-order chi connectivity index (χ1) is 4.37. The van der Waals surface area contributed by atoms with Crippen LogP contribution in [0.5, 0.6) is 0 Å². The Kier molecular flexibility index (Phi) is 0.812. The molecule has 0 amide bonds. The van der Waals surface area contributed by atoms with E-state index in [1.54, 1.807) is 0 Å². The average molecular weight is 148 g/mol. The third kappa shape index (κ3) is 0.506. The second-order valence-corrected chi connectivity index (χ2v) is 3.92. The zero-order valence-electron chi connectivity index (χ0n) is 5.82. The minimum Gasteiger partial charge on any atom is -0.390 e. The summed E-state index contributed by atoms with van der Waals surface area (Å²) in [7, 11) is 0. The van der Waals surface area contributed by atoms with Gasteiger partial charge in [-0.1, -0.05) is 0 Å². The molecule has 0 aliphatic heterocycles. The molecule has 3 rings (SSSR count). The van der Waals surface area contributed by atoms with E-state index in [4.69, 9.17) is 0 Å². The molecule has 0 aromatic carbocycles. The summed E-state index contributed by atoms with van der Waals surface area (Å²) in [5.74, 6) is -2.59. The molecule has 3 aliphatic carbocycles. The molecule has 1 nitrogen and oxygen atoms in total. The topological polar surface area (TPSA) is 20.2 Å². The third-order valence-electron chi connectivity index (χ3n) is 2.93. The SMILES string of the molecule is CC(F)(F)C12CC(O)(C1)C2. The largest absolute Gasteiger partial charge is 0.390 e. The van der Waals surface area contributed by atoms with Crippen LogP contribution < -0.4 is 0 Å². The minimum absolute atomic E-state index is 0.309. The fraction of sp³-hybridized carbons (Fsp3) is 1.00. The van der Waals surface area contributed by atoms with Crippen LogP contribution in [0.4, 0.5) is 8.78 Å². The Morgan fingerprint density at radius 3 is 1.80 bits per heavy atom. The average Bonchev–Trinajstić information content (AvgIpc) is 1.51. The van der Waals surface area contributed by atoms with Crippen molar-refractivity contribution in [1.82, 2.24) is 0 Å². The highest BCUT2D eigenvalue weighted by atomic mass is 19.3. The fourth-order valence-corrected chi connectivity index (χ4v) is 2.20. The van der Waals surface area contributed by atoms with Gasteiger partial charge >= 0.3 is 0 Å². The molecule has 1 N–H and O–H groups in total. The van der Waals surface area contributed by atoms with Gasteiger partial charge in [0.1, 0.15) is 0 Å².